The van der Waals surface area contributed by atoms with E-state index in [2.05, 4.69) is 20.6 Å². The summed E-state index contributed by atoms with van der Waals surface area (Å²) in [5.41, 5.74) is 3.71. The van der Waals surface area contributed by atoms with Crippen molar-refractivity contribution in [1.29, 1.82) is 0 Å². The molecule has 3 aromatic heterocycles. The van der Waals surface area contributed by atoms with E-state index in [-0.39, 0.29) is 5.91 Å². The van der Waals surface area contributed by atoms with E-state index in [9.17, 15) is 4.79 Å². The molecular formula is C16H17N5OS. The SMILES string of the molecule is O=C(NCc1cn[nH]c1-c1cccs1)c1cnn2c1CCCC2. The van der Waals surface area contributed by atoms with Crippen LogP contribution in [0.1, 0.15) is 34.5 Å². The van der Waals surface area contributed by atoms with Crippen LogP contribution in [0.4, 0.5) is 0 Å². The van der Waals surface area contributed by atoms with Gasteiger partial charge in [0.1, 0.15) is 0 Å². The first kappa shape index (κ1) is 14.2. The predicted octanol–water partition coefficient (Wildman–Crippen LogP) is 2.60. The summed E-state index contributed by atoms with van der Waals surface area (Å²) in [7, 11) is 0. The zero-order chi connectivity index (χ0) is 15.6. The van der Waals surface area contributed by atoms with E-state index in [4.69, 9.17) is 0 Å². The molecule has 1 aliphatic heterocycles. The van der Waals surface area contributed by atoms with Gasteiger partial charge < -0.3 is 5.32 Å². The average Bonchev–Trinajstić information content (AvgIpc) is 3.30. The van der Waals surface area contributed by atoms with E-state index in [0.29, 0.717) is 12.1 Å². The maximum absolute atomic E-state index is 12.5. The molecule has 7 heteroatoms. The molecule has 0 aromatic carbocycles. The number of hydrogen-bond acceptors (Lipinski definition) is 4. The fourth-order valence-corrected chi connectivity index (χ4v) is 3.72. The molecule has 0 atom stereocenters. The van der Waals surface area contributed by atoms with Crippen LogP contribution < -0.4 is 5.32 Å². The molecule has 23 heavy (non-hydrogen) atoms. The fraction of sp³-hybridized carbons (Fsp3) is 0.312. The molecule has 0 saturated heterocycles. The number of nitrogens with zero attached hydrogens (tertiary/aromatic N) is 3. The van der Waals surface area contributed by atoms with Crippen molar-refractivity contribution in [3.63, 3.8) is 0 Å². The molecule has 6 nitrogen and oxygen atoms in total. The van der Waals surface area contributed by atoms with Gasteiger partial charge in [0.05, 0.1) is 34.2 Å². The van der Waals surface area contributed by atoms with Crippen molar-refractivity contribution in [2.45, 2.75) is 32.4 Å². The van der Waals surface area contributed by atoms with Crippen molar-refractivity contribution in [3.8, 4) is 10.6 Å². The fourth-order valence-electron chi connectivity index (χ4n) is 2.96. The summed E-state index contributed by atoms with van der Waals surface area (Å²) in [5, 5.41) is 16.4. The van der Waals surface area contributed by atoms with Crippen LogP contribution in [0.15, 0.2) is 29.9 Å². The van der Waals surface area contributed by atoms with Crippen molar-refractivity contribution in [2.24, 2.45) is 0 Å². The molecule has 0 spiro atoms. The Bertz CT molecular complexity index is 818. The molecule has 0 fully saturated rings. The molecule has 1 amide bonds. The first-order chi connectivity index (χ1) is 11.3. The third-order valence-corrected chi connectivity index (χ3v) is 5.04. The Labute approximate surface area is 137 Å². The molecule has 118 valence electrons. The summed E-state index contributed by atoms with van der Waals surface area (Å²) in [4.78, 5) is 13.6. The van der Waals surface area contributed by atoms with E-state index in [1.807, 2.05) is 22.2 Å². The number of thiophene rings is 1. The smallest absolute Gasteiger partial charge is 0.255 e. The Morgan fingerprint density at radius 2 is 2.35 bits per heavy atom. The highest BCUT2D eigenvalue weighted by Gasteiger charge is 2.20. The minimum absolute atomic E-state index is 0.0634. The van der Waals surface area contributed by atoms with Gasteiger partial charge >= 0.3 is 0 Å². The van der Waals surface area contributed by atoms with Gasteiger partial charge in [0.2, 0.25) is 0 Å². The highest BCUT2D eigenvalue weighted by atomic mass is 32.1. The van der Waals surface area contributed by atoms with Gasteiger partial charge in [0.15, 0.2) is 0 Å². The minimum Gasteiger partial charge on any atom is -0.348 e. The van der Waals surface area contributed by atoms with E-state index in [1.54, 1.807) is 23.7 Å². The van der Waals surface area contributed by atoms with Crippen LogP contribution in [0.3, 0.4) is 0 Å². The van der Waals surface area contributed by atoms with Gasteiger partial charge in [-0.1, -0.05) is 6.07 Å². The van der Waals surface area contributed by atoms with Crippen molar-refractivity contribution < 1.29 is 4.79 Å². The van der Waals surface area contributed by atoms with Crippen LogP contribution in [-0.2, 0) is 19.5 Å². The second-order valence-electron chi connectivity index (χ2n) is 5.62. The first-order valence-electron chi connectivity index (χ1n) is 7.72. The monoisotopic (exact) mass is 327 g/mol. The predicted molar refractivity (Wildman–Crippen MR) is 88.2 cm³/mol. The Hall–Kier alpha value is -2.41. The third kappa shape index (κ3) is 2.68. The highest BCUT2D eigenvalue weighted by Crippen LogP contribution is 2.25. The van der Waals surface area contributed by atoms with Gasteiger partial charge in [-0.25, -0.2) is 0 Å². The maximum Gasteiger partial charge on any atom is 0.255 e. The van der Waals surface area contributed by atoms with Crippen LogP contribution in [0.25, 0.3) is 10.6 Å². The molecule has 0 saturated carbocycles. The minimum atomic E-state index is -0.0634. The third-order valence-electron chi connectivity index (χ3n) is 4.15. The standard InChI is InChI=1S/C16H17N5OS/c22-16(12-10-19-21-6-2-1-4-13(12)21)17-8-11-9-18-20-15(11)14-5-3-7-23-14/h3,5,7,9-10H,1-2,4,6,8H2,(H,17,22)(H,18,20). The Balaban J connectivity index is 1.49. The Morgan fingerprint density at radius 1 is 1.39 bits per heavy atom. The second kappa shape index (κ2) is 6.00. The molecule has 4 heterocycles. The zero-order valence-electron chi connectivity index (χ0n) is 12.6. The number of carbonyl (C=O) groups excluding carboxylic acids is 1. The summed E-state index contributed by atoms with van der Waals surface area (Å²) in [6.45, 7) is 1.36. The number of H-pyrrole nitrogens is 1. The summed E-state index contributed by atoms with van der Waals surface area (Å²) in [6.07, 6.45) is 6.63. The lowest BCUT2D eigenvalue weighted by Gasteiger charge is -2.14. The number of fused-ring (bicyclic) bond motifs is 1. The summed E-state index contributed by atoms with van der Waals surface area (Å²) in [5.74, 6) is -0.0634. The lowest BCUT2D eigenvalue weighted by atomic mass is 10.1. The average molecular weight is 327 g/mol. The van der Waals surface area contributed by atoms with Gasteiger partial charge in [-0.05, 0) is 30.7 Å². The van der Waals surface area contributed by atoms with Crippen LogP contribution >= 0.6 is 11.3 Å². The Kier molecular flexibility index (Phi) is 3.70. The van der Waals surface area contributed by atoms with Crippen LogP contribution in [-0.4, -0.2) is 25.9 Å². The largest absolute Gasteiger partial charge is 0.348 e. The molecule has 4 rings (SSSR count). The maximum atomic E-state index is 12.5. The number of nitrogens with one attached hydrogen (secondary N) is 2. The number of aromatic nitrogens is 4. The lowest BCUT2D eigenvalue weighted by molar-refractivity contribution is 0.0949. The summed E-state index contributed by atoms with van der Waals surface area (Å²) in [6, 6.07) is 4.04. The van der Waals surface area contributed by atoms with Crippen molar-refractivity contribution in [2.75, 3.05) is 0 Å². The molecule has 0 unspecified atom stereocenters. The first-order valence-corrected chi connectivity index (χ1v) is 8.60. The van der Waals surface area contributed by atoms with Gasteiger partial charge in [-0.3, -0.25) is 14.6 Å². The van der Waals surface area contributed by atoms with E-state index in [0.717, 1.165) is 47.6 Å². The van der Waals surface area contributed by atoms with Gasteiger partial charge in [0.25, 0.3) is 5.91 Å². The number of rotatable bonds is 4. The number of aromatic amines is 1. The van der Waals surface area contributed by atoms with Crippen molar-refractivity contribution in [1.82, 2.24) is 25.3 Å². The van der Waals surface area contributed by atoms with E-state index < -0.39 is 0 Å². The quantitative estimate of drug-likeness (QED) is 0.773. The normalized spacial score (nSPS) is 13.7. The van der Waals surface area contributed by atoms with Crippen LogP contribution in [0, 0.1) is 0 Å². The van der Waals surface area contributed by atoms with Crippen molar-refractivity contribution in [3.05, 3.63) is 46.7 Å². The molecule has 0 radical (unpaired) electrons. The molecule has 2 N–H and O–H groups in total. The van der Waals surface area contributed by atoms with E-state index >= 15 is 0 Å². The topological polar surface area (TPSA) is 75.6 Å². The second-order valence-corrected chi connectivity index (χ2v) is 6.56. The highest BCUT2D eigenvalue weighted by molar-refractivity contribution is 7.13. The summed E-state index contributed by atoms with van der Waals surface area (Å²) < 4.78 is 1.95. The van der Waals surface area contributed by atoms with Crippen molar-refractivity contribution >= 4 is 17.2 Å². The number of carbonyl (C=O) groups is 1. The molecular weight excluding hydrogens is 310 g/mol. The number of aryl methyl sites for hydroxylation is 1. The van der Waals surface area contributed by atoms with Crippen LogP contribution in [0.5, 0.6) is 0 Å². The number of amides is 1. The van der Waals surface area contributed by atoms with Gasteiger partial charge in [-0.2, -0.15) is 10.2 Å². The molecule has 0 aliphatic carbocycles. The molecule has 1 aliphatic rings. The van der Waals surface area contributed by atoms with Crippen LogP contribution in [0.2, 0.25) is 0 Å². The Morgan fingerprint density at radius 3 is 3.22 bits per heavy atom. The lowest BCUT2D eigenvalue weighted by Crippen LogP contribution is -2.24. The molecule has 0 bridgehead atoms. The number of hydrogen-bond donors (Lipinski definition) is 2. The molecule has 3 aromatic rings. The zero-order valence-corrected chi connectivity index (χ0v) is 13.4. The van der Waals surface area contributed by atoms with Gasteiger partial charge in [0, 0.05) is 18.7 Å². The summed E-state index contributed by atoms with van der Waals surface area (Å²) >= 11 is 1.65. The van der Waals surface area contributed by atoms with Gasteiger partial charge in [-0.15, -0.1) is 11.3 Å². The van der Waals surface area contributed by atoms with E-state index in [1.165, 1.54) is 0 Å².